The summed E-state index contributed by atoms with van der Waals surface area (Å²) in [5.41, 5.74) is 0.701. The van der Waals surface area contributed by atoms with E-state index in [1.54, 1.807) is 0 Å². The van der Waals surface area contributed by atoms with E-state index in [1.807, 2.05) is 0 Å². The normalized spacial score (nSPS) is 17.8. The Balaban J connectivity index is 0.00000129. The summed E-state index contributed by atoms with van der Waals surface area (Å²) >= 11 is -3.58. The molecule has 0 saturated carbocycles. The van der Waals surface area contributed by atoms with Crippen molar-refractivity contribution in [1.82, 2.24) is 0 Å². The Labute approximate surface area is 162 Å². The summed E-state index contributed by atoms with van der Waals surface area (Å²) in [7, 11) is 0. The first-order chi connectivity index (χ1) is 11.9. The summed E-state index contributed by atoms with van der Waals surface area (Å²) in [4.78, 5) is 0. The van der Waals surface area contributed by atoms with Crippen molar-refractivity contribution >= 4 is 0 Å². The maximum atomic E-state index is 8.81. The number of ether oxygens (including phenoxy) is 1. The van der Waals surface area contributed by atoms with E-state index in [0.29, 0.717) is 5.41 Å². The Morgan fingerprint density at radius 2 is 1.16 bits per heavy atom. The Morgan fingerprint density at radius 1 is 0.800 bits per heavy atom. The van der Waals surface area contributed by atoms with E-state index in [0.717, 1.165) is 6.61 Å². The Bertz CT molecular complexity index is 301. The zero-order chi connectivity index (χ0) is 19.2. The predicted octanol–water partition coefficient (Wildman–Crippen LogP) is 5.66. The van der Waals surface area contributed by atoms with Crippen molar-refractivity contribution in [1.29, 1.82) is 0 Å². The van der Waals surface area contributed by atoms with Crippen LogP contribution >= 0.6 is 0 Å². The SMILES string of the molecule is CCCCC1(CCCC)CCOC1(CCCC)CCCC.[O]=[Ti]([OH])[OH]. The van der Waals surface area contributed by atoms with Crippen molar-refractivity contribution in [2.45, 2.75) is 117 Å². The second-order valence-electron chi connectivity index (χ2n) is 7.57. The van der Waals surface area contributed by atoms with Gasteiger partial charge in [0.05, 0.1) is 5.60 Å². The molecule has 1 heterocycles. The predicted molar refractivity (Wildman–Crippen MR) is 99.0 cm³/mol. The summed E-state index contributed by atoms with van der Waals surface area (Å²) in [6, 6.07) is 0. The van der Waals surface area contributed by atoms with Gasteiger partial charge in [-0.25, -0.2) is 0 Å². The third kappa shape index (κ3) is 8.75. The minimum absolute atomic E-state index is 0.212. The topological polar surface area (TPSA) is 66.8 Å². The molecule has 1 rings (SSSR count). The number of unbranched alkanes of at least 4 members (excludes halogenated alkanes) is 4. The van der Waals surface area contributed by atoms with Crippen molar-refractivity contribution in [3.8, 4) is 0 Å². The van der Waals surface area contributed by atoms with Crippen molar-refractivity contribution < 1.29 is 34.1 Å². The second-order valence-corrected chi connectivity index (χ2v) is 8.45. The molecule has 0 bridgehead atoms. The fraction of sp³-hybridized carbons (Fsp3) is 1.00. The van der Waals surface area contributed by atoms with Crippen LogP contribution in [0.1, 0.15) is 111 Å². The van der Waals surface area contributed by atoms with Gasteiger partial charge in [-0.15, -0.1) is 0 Å². The molecule has 1 aliphatic heterocycles. The summed E-state index contributed by atoms with van der Waals surface area (Å²) in [5, 5.41) is 0. The van der Waals surface area contributed by atoms with Crippen LogP contribution in [0, 0.1) is 5.41 Å². The van der Waals surface area contributed by atoms with Crippen molar-refractivity contribution in [3.63, 3.8) is 0 Å². The van der Waals surface area contributed by atoms with Gasteiger partial charge in [0, 0.05) is 12.0 Å². The molecule has 0 amide bonds. The molecule has 0 aromatic heterocycles. The van der Waals surface area contributed by atoms with Crippen LogP contribution in [0.25, 0.3) is 0 Å². The molecule has 0 atom stereocenters. The minimum atomic E-state index is -3.58. The molecule has 0 aromatic rings. The third-order valence-corrected chi connectivity index (χ3v) is 5.81. The third-order valence-electron chi connectivity index (χ3n) is 5.81. The van der Waals surface area contributed by atoms with E-state index in [2.05, 4.69) is 27.7 Å². The molecule has 25 heavy (non-hydrogen) atoms. The van der Waals surface area contributed by atoms with Crippen LogP contribution in [-0.4, -0.2) is 19.6 Å². The molecule has 4 nitrogen and oxygen atoms in total. The Hall–Kier alpha value is 0.394. The average Bonchev–Trinajstić information content (AvgIpc) is 2.93. The van der Waals surface area contributed by atoms with Gasteiger partial charge in [0.2, 0.25) is 0 Å². The van der Waals surface area contributed by atoms with E-state index in [-0.39, 0.29) is 5.60 Å². The van der Waals surface area contributed by atoms with Gasteiger partial charge in [-0.05, 0) is 32.1 Å². The van der Waals surface area contributed by atoms with Crippen LogP contribution in [0.3, 0.4) is 0 Å². The zero-order valence-corrected chi connectivity index (χ0v) is 18.7. The molecule has 1 saturated heterocycles. The fourth-order valence-electron chi connectivity index (χ4n) is 4.41. The van der Waals surface area contributed by atoms with E-state index >= 15 is 0 Å². The van der Waals surface area contributed by atoms with E-state index < -0.39 is 18.6 Å². The molecule has 2 N–H and O–H groups in total. The summed E-state index contributed by atoms with van der Waals surface area (Å²) in [6.07, 6.45) is 17.4. The molecule has 150 valence electrons. The van der Waals surface area contributed by atoms with Crippen LogP contribution < -0.4 is 0 Å². The number of hydrogen-bond acceptors (Lipinski definition) is 2. The monoisotopic (exact) mass is 394 g/mol. The van der Waals surface area contributed by atoms with Gasteiger partial charge in [0.15, 0.2) is 0 Å². The van der Waals surface area contributed by atoms with Crippen molar-refractivity contribution in [2.75, 3.05) is 6.61 Å². The summed E-state index contributed by atoms with van der Waals surface area (Å²) in [5.74, 6) is 0. The quantitative estimate of drug-likeness (QED) is 0.419. The van der Waals surface area contributed by atoms with Gasteiger partial charge in [-0.2, -0.15) is 0 Å². The van der Waals surface area contributed by atoms with Gasteiger partial charge < -0.3 is 4.74 Å². The molecule has 5 heteroatoms. The van der Waals surface area contributed by atoms with Crippen LogP contribution in [0.15, 0.2) is 0 Å². The van der Waals surface area contributed by atoms with Crippen LogP contribution in [0.2, 0.25) is 0 Å². The van der Waals surface area contributed by atoms with Crippen LogP contribution in [0.4, 0.5) is 0 Å². The second kappa shape index (κ2) is 14.5. The molecule has 0 spiro atoms. The molecule has 0 aromatic carbocycles. The first-order valence-electron chi connectivity index (χ1n) is 10.5. The first kappa shape index (κ1) is 25.4. The number of rotatable bonds is 12. The summed E-state index contributed by atoms with van der Waals surface area (Å²) < 4.78 is 29.8. The first-order valence-corrected chi connectivity index (χ1v) is 12.5. The van der Waals surface area contributed by atoms with Crippen molar-refractivity contribution in [3.05, 3.63) is 0 Å². The molecule has 1 fully saturated rings. The van der Waals surface area contributed by atoms with Crippen LogP contribution in [0.5, 0.6) is 0 Å². The molecule has 0 radical (unpaired) electrons. The van der Waals surface area contributed by atoms with E-state index in [4.69, 9.17) is 15.4 Å². The zero-order valence-electron chi connectivity index (χ0n) is 17.1. The maximum absolute atomic E-state index is 8.81. The van der Waals surface area contributed by atoms with Gasteiger partial charge in [-0.1, -0.05) is 79.1 Å². The van der Waals surface area contributed by atoms with E-state index in [1.165, 1.54) is 83.5 Å². The average molecular weight is 394 g/mol. The Morgan fingerprint density at radius 3 is 1.52 bits per heavy atom. The Kier molecular flexibility index (Phi) is 14.7. The molecule has 0 unspecified atom stereocenters. The van der Waals surface area contributed by atoms with Crippen molar-refractivity contribution in [2.24, 2.45) is 5.41 Å². The standard InChI is InChI=1S/C20H40O.2H2O.O.Ti/c1-5-9-13-19(14-10-6-2)17-18-21-20(19,15-11-7-3)16-12-8-4;;;;/h5-18H2,1-4H3;2*1H2;;/q;;;;+2/p-2. The van der Waals surface area contributed by atoms with Gasteiger partial charge >= 0.3 is 29.3 Å². The van der Waals surface area contributed by atoms with Crippen LogP contribution in [-0.2, 0) is 26.7 Å². The summed E-state index contributed by atoms with van der Waals surface area (Å²) in [6.45, 7) is 10.3. The molecular formula is C20H42O4Ti. The fourth-order valence-corrected chi connectivity index (χ4v) is 4.41. The number of hydrogen-bond donors (Lipinski definition) is 2. The molecule has 0 aliphatic carbocycles. The van der Waals surface area contributed by atoms with Gasteiger partial charge in [0.25, 0.3) is 0 Å². The molecular weight excluding hydrogens is 352 g/mol. The van der Waals surface area contributed by atoms with Gasteiger partial charge in [-0.3, -0.25) is 0 Å². The molecule has 1 aliphatic rings. The van der Waals surface area contributed by atoms with E-state index in [9.17, 15) is 0 Å². The van der Waals surface area contributed by atoms with Gasteiger partial charge in [0.1, 0.15) is 0 Å².